The van der Waals surface area contributed by atoms with Crippen LogP contribution in [0.4, 0.5) is 5.69 Å². The van der Waals surface area contributed by atoms with Gasteiger partial charge in [0.1, 0.15) is 0 Å². The summed E-state index contributed by atoms with van der Waals surface area (Å²) < 4.78 is 28.4. The number of methoxy groups -OCH3 is 1. The Kier molecular flexibility index (Phi) is 3.96. The second kappa shape index (κ2) is 5.55. The van der Waals surface area contributed by atoms with Gasteiger partial charge >= 0.3 is 0 Å². The van der Waals surface area contributed by atoms with E-state index in [0.29, 0.717) is 38.0 Å². The number of benzene rings is 1. The minimum absolute atomic E-state index is 0.00329. The molecule has 23 heavy (non-hydrogen) atoms. The lowest BCUT2D eigenvalue weighted by atomic mass is 9.70. The third-order valence-electron chi connectivity index (χ3n) is 4.94. The minimum Gasteiger partial charge on any atom is -0.377 e. The molecule has 3 rings (SSSR count). The Morgan fingerprint density at radius 1 is 1.43 bits per heavy atom. The maximum atomic E-state index is 12.7. The number of nitrogens with two attached hydrogens (primary N) is 2. The molecule has 1 fully saturated rings. The van der Waals surface area contributed by atoms with Crippen molar-refractivity contribution in [2.45, 2.75) is 29.8 Å². The number of primary sulfonamides is 1. The van der Waals surface area contributed by atoms with Crippen LogP contribution in [-0.2, 0) is 26.0 Å². The molecule has 0 aromatic heterocycles. The SMILES string of the molecule is COC1(CN)CC(C(=O)N2CCc3ccc(S(N)(=O)=O)cc32)C1. The highest BCUT2D eigenvalue weighted by Gasteiger charge is 2.48. The lowest BCUT2D eigenvalue weighted by Crippen LogP contribution is -2.55. The Bertz CT molecular complexity index is 735. The van der Waals surface area contributed by atoms with Crippen LogP contribution in [0.25, 0.3) is 0 Å². The van der Waals surface area contributed by atoms with Crippen LogP contribution >= 0.6 is 0 Å². The Labute approximate surface area is 135 Å². The number of hydrogen-bond donors (Lipinski definition) is 2. The lowest BCUT2D eigenvalue weighted by molar-refractivity contribution is -0.142. The van der Waals surface area contributed by atoms with Crippen LogP contribution in [0.1, 0.15) is 18.4 Å². The van der Waals surface area contributed by atoms with E-state index in [1.54, 1.807) is 18.1 Å². The molecule has 1 heterocycles. The van der Waals surface area contributed by atoms with E-state index in [1.807, 2.05) is 0 Å². The van der Waals surface area contributed by atoms with Gasteiger partial charge in [-0.05, 0) is 37.0 Å². The van der Waals surface area contributed by atoms with E-state index in [0.717, 1.165) is 5.56 Å². The first-order chi connectivity index (χ1) is 10.8. The van der Waals surface area contributed by atoms with Crippen molar-refractivity contribution in [3.63, 3.8) is 0 Å². The molecule has 1 amide bonds. The second-order valence-corrected chi connectivity index (χ2v) is 7.83. The van der Waals surface area contributed by atoms with E-state index in [1.165, 1.54) is 12.1 Å². The smallest absolute Gasteiger partial charge is 0.238 e. The van der Waals surface area contributed by atoms with Crippen molar-refractivity contribution in [2.75, 3.05) is 25.1 Å². The van der Waals surface area contributed by atoms with Crippen LogP contribution in [0.3, 0.4) is 0 Å². The monoisotopic (exact) mass is 339 g/mol. The van der Waals surface area contributed by atoms with Gasteiger partial charge in [0.15, 0.2) is 0 Å². The molecule has 1 aliphatic heterocycles. The molecule has 0 saturated heterocycles. The predicted molar refractivity (Wildman–Crippen MR) is 85.4 cm³/mol. The molecule has 7 nitrogen and oxygen atoms in total. The van der Waals surface area contributed by atoms with Gasteiger partial charge in [-0.15, -0.1) is 0 Å². The fourth-order valence-electron chi connectivity index (χ4n) is 3.41. The summed E-state index contributed by atoms with van der Waals surface area (Å²) in [6, 6.07) is 4.69. The first kappa shape index (κ1) is 16.4. The highest BCUT2D eigenvalue weighted by Crippen LogP contribution is 2.42. The van der Waals surface area contributed by atoms with E-state index in [2.05, 4.69) is 0 Å². The molecule has 0 atom stereocenters. The van der Waals surface area contributed by atoms with Crippen LogP contribution in [0.5, 0.6) is 0 Å². The van der Waals surface area contributed by atoms with E-state index in [-0.39, 0.29) is 16.7 Å². The number of sulfonamides is 1. The third-order valence-corrected chi connectivity index (χ3v) is 5.85. The number of nitrogens with zero attached hydrogens (tertiary/aromatic N) is 1. The topological polar surface area (TPSA) is 116 Å². The molecule has 1 aliphatic carbocycles. The Balaban J connectivity index is 1.81. The van der Waals surface area contributed by atoms with Gasteiger partial charge in [-0.25, -0.2) is 13.6 Å². The van der Waals surface area contributed by atoms with Crippen molar-refractivity contribution in [1.82, 2.24) is 0 Å². The molecular weight excluding hydrogens is 318 g/mol. The van der Waals surface area contributed by atoms with Gasteiger partial charge in [0.05, 0.1) is 10.5 Å². The number of carbonyl (C=O) groups is 1. The molecule has 1 aromatic rings. The van der Waals surface area contributed by atoms with Gasteiger partial charge in [0.2, 0.25) is 15.9 Å². The third kappa shape index (κ3) is 2.76. The fraction of sp³-hybridized carbons (Fsp3) is 0.533. The summed E-state index contributed by atoms with van der Waals surface area (Å²) in [6.07, 6.45) is 1.91. The van der Waals surface area contributed by atoms with Crippen molar-refractivity contribution >= 4 is 21.6 Å². The summed E-state index contributed by atoms with van der Waals surface area (Å²) in [6.45, 7) is 0.945. The first-order valence-corrected chi connectivity index (χ1v) is 9.07. The molecule has 1 saturated carbocycles. The van der Waals surface area contributed by atoms with Crippen LogP contribution in [0.2, 0.25) is 0 Å². The number of hydrogen-bond acceptors (Lipinski definition) is 5. The van der Waals surface area contributed by atoms with Crippen LogP contribution < -0.4 is 15.8 Å². The zero-order valence-electron chi connectivity index (χ0n) is 13.0. The van der Waals surface area contributed by atoms with Gasteiger partial charge in [0, 0.05) is 31.8 Å². The molecule has 0 spiro atoms. The molecule has 0 unspecified atom stereocenters. The van der Waals surface area contributed by atoms with Gasteiger partial charge in [-0.1, -0.05) is 6.07 Å². The Morgan fingerprint density at radius 3 is 2.70 bits per heavy atom. The standard InChI is InChI=1S/C15H21N3O4S/c1-22-15(9-16)7-11(8-15)14(19)18-5-4-10-2-3-12(6-13(10)18)23(17,20)21/h2-3,6,11H,4-5,7-9,16H2,1H3,(H2,17,20,21). The average Bonchev–Trinajstić information content (AvgIpc) is 2.89. The summed E-state index contributed by atoms with van der Waals surface area (Å²) in [5.74, 6) is -0.140. The highest BCUT2D eigenvalue weighted by molar-refractivity contribution is 7.89. The van der Waals surface area contributed by atoms with Crippen molar-refractivity contribution in [3.05, 3.63) is 23.8 Å². The fourth-order valence-corrected chi connectivity index (χ4v) is 3.95. The van der Waals surface area contributed by atoms with Crippen molar-refractivity contribution in [3.8, 4) is 0 Å². The van der Waals surface area contributed by atoms with E-state index < -0.39 is 15.6 Å². The van der Waals surface area contributed by atoms with Crippen LogP contribution in [0, 0.1) is 5.92 Å². The van der Waals surface area contributed by atoms with Gasteiger partial charge in [-0.2, -0.15) is 0 Å². The van der Waals surface area contributed by atoms with E-state index in [4.69, 9.17) is 15.6 Å². The number of amides is 1. The Hall–Kier alpha value is -1.48. The van der Waals surface area contributed by atoms with Gasteiger partial charge < -0.3 is 15.4 Å². The van der Waals surface area contributed by atoms with Gasteiger partial charge in [-0.3, -0.25) is 4.79 Å². The predicted octanol–water partition coefficient (Wildman–Crippen LogP) is -0.0230. The highest BCUT2D eigenvalue weighted by atomic mass is 32.2. The average molecular weight is 339 g/mol. The quantitative estimate of drug-likeness (QED) is 0.799. The number of anilines is 1. The zero-order valence-corrected chi connectivity index (χ0v) is 13.8. The molecule has 126 valence electrons. The maximum Gasteiger partial charge on any atom is 0.238 e. The molecule has 0 bridgehead atoms. The van der Waals surface area contributed by atoms with Crippen molar-refractivity contribution in [2.24, 2.45) is 16.8 Å². The molecule has 4 N–H and O–H groups in total. The summed E-state index contributed by atoms with van der Waals surface area (Å²) >= 11 is 0. The van der Waals surface area contributed by atoms with Crippen molar-refractivity contribution < 1.29 is 17.9 Å². The largest absolute Gasteiger partial charge is 0.377 e. The first-order valence-electron chi connectivity index (χ1n) is 7.52. The lowest BCUT2D eigenvalue weighted by Gasteiger charge is -2.46. The van der Waals surface area contributed by atoms with Crippen LogP contribution in [0.15, 0.2) is 23.1 Å². The van der Waals surface area contributed by atoms with Crippen LogP contribution in [-0.4, -0.2) is 40.1 Å². The number of rotatable bonds is 4. The Morgan fingerprint density at radius 2 is 2.13 bits per heavy atom. The van der Waals surface area contributed by atoms with Crippen molar-refractivity contribution in [1.29, 1.82) is 0 Å². The molecule has 0 radical (unpaired) electrons. The van der Waals surface area contributed by atoms with Gasteiger partial charge in [0.25, 0.3) is 0 Å². The summed E-state index contributed by atoms with van der Waals surface area (Å²) in [7, 11) is -2.18. The zero-order chi connectivity index (χ0) is 16.8. The molecule has 8 heteroatoms. The molecule has 2 aliphatic rings. The minimum atomic E-state index is -3.79. The number of ether oxygens (including phenoxy) is 1. The number of fused-ring (bicyclic) bond motifs is 1. The molecular formula is C15H21N3O4S. The second-order valence-electron chi connectivity index (χ2n) is 6.27. The summed E-state index contributed by atoms with van der Waals surface area (Å²) in [4.78, 5) is 14.4. The molecule has 1 aromatic carbocycles. The maximum absolute atomic E-state index is 12.7. The normalized spacial score (nSPS) is 26.7. The summed E-state index contributed by atoms with van der Waals surface area (Å²) in [5, 5.41) is 5.18. The van der Waals surface area contributed by atoms with E-state index >= 15 is 0 Å². The van der Waals surface area contributed by atoms with E-state index in [9.17, 15) is 13.2 Å². The summed E-state index contributed by atoms with van der Waals surface area (Å²) in [5.41, 5.74) is 6.91. The number of carbonyl (C=O) groups excluding carboxylic acids is 1.